The molecule has 0 unspecified atom stereocenters. The number of aromatic nitrogens is 3. The van der Waals surface area contributed by atoms with E-state index in [-0.39, 0.29) is 5.84 Å². The molecule has 6 heteroatoms. The lowest BCUT2D eigenvalue weighted by Crippen LogP contribution is -2.12. The number of hydrogen-bond donors (Lipinski definition) is 2. The summed E-state index contributed by atoms with van der Waals surface area (Å²) in [5.41, 5.74) is 7.03. The molecule has 0 atom stereocenters. The first-order valence-corrected chi connectivity index (χ1v) is 5.04. The molecule has 0 aliphatic rings. The third-order valence-corrected chi connectivity index (χ3v) is 2.39. The predicted molar refractivity (Wildman–Crippen MR) is 63.1 cm³/mol. The Balaban J connectivity index is 2.35. The molecule has 1 heterocycles. The lowest BCUT2D eigenvalue weighted by molar-refractivity contribution is 0.407. The van der Waals surface area contributed by atoms with Crippen molar-refractivity contribution in [2.45, 2.75) is 6.54 Å². The maximum absolute atomic E-state index is 7.41. The van der Waals surface area contributed by atoms with Gasteiger partial charge in [-0.05, 0) is 18.2 Å². The van der Waals surface area contributed by atoms with Crippen molar-refractivity contribution < 1.29 is 4.74 Å². The van der Waals surface area contributed by atoms with Gasteiger partial charge in [0.1, 0.15) is 24.2 Å². The normalized spacial score (nSPS) is 10.2. The van der Waals surface area contributed by atoms with Gasteiger partial charge in [-0.15, -0.1) is 0 Å². The maximum Gasteiger partial charge on any atom is 0.137 e. The summed E-state index contributed by atoms with van der Waals surface area (Å²) in [6.07, 6.45) is 3.10. The molecule has 3 N–H and O–H groups in total. The first-order chi connectivity index (χ1) is 8.20. The van der Waals surface area contributed by atoms with Gasteiger partial charge in [0.25, 0.3) is 0 Å². The average Bonchev–Trinajstić information content (AvgIpc) is 2.81. The van der Waals surface area contributed by atoms with Gasteiger partial charge in [0, 0.05) is 11.1 Å². The summed E-state index contributed by atoms with van der Waals surface area (Å²) < 4.78 is 6.94. The molecule has 17 heavy (non-hydrogen) atoms. The second kappa shape index (κ2) is 4.65. The fourth-order valence-electron chi connectivity index (χ4n) is 1.56. The Hall–Kier alpha value is -2.37. The highest BCUT2D eigenvalue weighted by atomic mass is 16.5. The van der Waals surface area contributed by atoms with Crippen LogP contribution in [-0.4, -0.2) is 27.7 Å². The van der Waals surface area contributed by atoms with Crippen LogP contribution in [0.15, 0.2) is 30.9 Å². The summed E-state index contributed by atoms with van der Waals surface area (Å²) in [5.74, 6) is 0.776. The molecule has 0 aliphatic heterocycles. The van der Waals surface area contributed by atoms with Crippen LogP contribution in [0.5, 0.6) is 5.75 Å². The van der Waals surface area contributed by atoms with Crippen molar-refractivity contribution in [2.24, 2.45) is 5.73 Å². The number of hydrogen-bond acceptors (Lipinski definition) is 4. The largest absolute Gasteiger partial charge is 0.496 e. The summed E-state index contributed by atoms with van der Waals surface area (Å²) in [5, 5.41) is 11.4. The monoisotopic (exact) mass is 231 g/mol. The van der Waals surface area contributed by atoms with Crippen molar-refractivity contribution >= 4 is 5.84 Å². The van der Waals surface area contributed by atoms with Crippen LogP contribution in [0.3, 0.4) is 0 Å². The number of nitrogens with two attached hydrogens (primary N) is 1. The quantitative estimate of drug-likeness (QED) is 0.596. The fourth-order valence-corrected chi connectivity index (χ4v) is 1.56. The lowest BCUT2D eigenvalue weighted by atomic mass is 10.1. The molecule has 1 aromatic carbocycles. The van der Waals surface area contributed by atoms with Gasteiger partial charge < -0.3 is 10.5 Å². The molecule has 0 aliphatic carbocycles. The summed E-state index contributed by atoms with van der Waals surface area (Å²) in [7, 11) is 1.60. The van der Waals surface area contributed by atoms with E-state index in [9.17, 15) is 0 Å². The van der Waals surface area contributed by atoms with Gasteiger partial charge in [0.15, 0.2) is 0 Å². The molecule has 0 bridgehead atoms. The Bertz CT molecular complexity index is 521. The second-order valence-corrected chi connectivity index (χ2v) is 3.53. The zero-order valence-electron chi connectivity index (χ0n) is 9.42. The van der Waals surface area contributed by atoms with Crippen molar-refractivity contribution in [3.63, 3.8) is 0 Å². The number of amidine groups is 1. The first-order valence-electron chi connectivity index (χ1n) is 5.04. The number of nitrogens with zero attached hydrogens (tertiary/aromatic N) is 3. The van der Waals surface area contributed by atoms with Gasteiger partial charge in [-0.3, -0.25) is 5.41 Å². The molecule has 0 saturated carbocycles. The van der Waals surface area contributed by atoms with E-state index in [1.165, 1.54) is 6.33 Å². The Kier molecular flexibility index (Phi) is 3.04. The number of ether oxygens (including phenoxy) is 1. The van der Waals surface area contributed by atoms with Crippen LogP contribution in [0.25, 0.3) is 0 Å². The standard InChI is InChI=1S/C11H13N5O/c1-17-10-3-2-8(11(12)13)4-9(10)5-16-7-14-6-15-16/h2-4,6-7H,5H2,1H3,(H3,12,13). The molecule has 2 rings (SSSR count). The van der Waals surface area contributed by atoms with Crippen molar-refractivity contribution in [1.82, 2.24) is 14.8 Å². The van der Waals surface area contributed by atoms with E-state index >= 15 is 0 Å². The van der Waals surface area contributed by atoms with Crippen LogP contribution >= 0.6 is 0 Å². The van der Waals surface area contributed by atoms with Crippen molar-refractivity contribution in [1.29, 1.82) is 5.41 Å². The van der Waals surface area contributed by atoms with Gasteiger partial charge in [0.05, 0.1) is 13.7 Å². The zero-order valence-corrected chi connectivity index (χ0v) is 9.42. The highest BCUT2D eigenvalue weighted by molar-refractivity contribution is 5.95. The van der Waals surface area contributed by atoms with Gasteiger partial charge in [-0.1, -0.05) is 0 Å². The Labute approximate surface area is 98.5 Å². The van der Waals surface area contributed by atoms with Crippen LogP contribution in [-0.2, 0) is 6.54 Å². The molecule has 0 spiro atoms. The van der Waals surface area contributed by atoms with Crippen LogP contribution in [0.1, 0.15) is 11.1 Å². The maximum atomic E-state index is 7.41. The SMILES string of the molecule is COc1ccc(C(=N)N)cc1Cn1cncn1. The van der Waals surface area contributed by atoms with Crippen molar-refractivity contribution in [3.8, 4) is 5.75 Å². The number of rotatable bonds is 4. The fraction of sp³-hybridized carbons (Fsp3) is 0.182. The van der Waals surface area contributed by atoms with E-state index in [2.05, 4.69) is 10.1 Å². The van der Waals surface area contributed by atoms with Gasteiger partial charge in [-0.25, -0.2) is 9.67 Å². The average molecular weight is 231 g/mol. The van der Waals surface area contributed by atoms with E-state index in [0.717, 1.165) is 11.3 Å². The van der Waals surface area contributed by atoms with Gasteiger partial charge in [0.2, 0.25) is 0 Å². The summed E-state index contributed by atoms with van der Waals surface area (Å²) >= 11 is 0. The van der Waals surface area contributed by atoms with Crippen LogP contribution in [0, 0.1) is 5.41 Å². The van der Waals surface area contributed by atoms with E-state index in [1.54, 1.807) is 30.3 Å². The lowest BCUT2D eigenvalue weighted by Gasteiger charge is -2.10. The Morgan fingerprint density at radius 2 is 2.35 bits per heavy atom. The molecule has 88 valence electrons. The molecule has 6 nitrogen and oxygen atoms in total. The molecular weight excluding hydrogens is 218 g/mol. The smallest absolute Gasteiger partial charge is 0.137 e. The molecule has 0 amide bonds. The van der Waals surface area contributed by atoms with Crippen LogP contribution < -0.4 is 10.5 Å². The minimum Gasteiger partial charge on any atom is -0.496 e. The minimum absolute atomic E-state index is 0.0347. The number of benzene rings is 1. The van der Waals surface area contributed by atoms with Gasteiger partial charge in [-0.2, -0.15) is 5.10 Å². The summed E-state index contributed by atoms with van der Waals surface area (Å²) in [4.78, 5) is 3.88. The molecule has 1 aromatic heterocycles. The summed E-state index contributed by atoms with van der Waals surface area (Å²) in [6.45, 7) is 0.532. The highest BCUT2D eigenvalue weighted by Crippen LogP contribution is 2.20. The first kappa shape index (κ1) is 11.1. The second-order valence-electron chi connectivity index (χ2n) is 3.53. The van der Waals surface area contributed by atoms with E-state index in [1.807, 2.05) is 6.07 Å². The minimum atomic E-state index is 0.0347. The molecule has 0 radical (unpaired) electrons. The van der Waals surface area contributed by atoms with Crippen molar-refractivity contribution in [2.75, 3.05) is 7.11 Å². The molecule has 0 saturated heterocycles. The van der Waals surface area contributed by atoms with E-state index in [4.69, 9.17) is 15.9 Å². The number of nitrogens with one attached hydrogen (secondary N) is 1. The number of methoxy groups -OCH3 is 1. The topological polar surface area (TPSA) is 89.8 Å². The molecule has 2 aromatic rings. The third kappa shape index (κ3) is 2.41. The van der Waals surface area contributed by atoms with Crippen LogP contribution in [0.4, 0.5) is 0 Å². The highest BCUT2D eigenvalue weighted by Gasteiger charge is 2.07. The predicted octanol–water partition coefficient (Wildman–Crippen LogP) is 0.619. The van der Waals surface area contributed by atoms with E-state index < -0.39 is 0 Å². The molecule has 0 fully saturated rings. The van der Waals surface area contributed by atoms with Crippen LogP contribution in [0.2, 0.25) is 0 Å². The van der Waals surface area contributed by atoms with Gasteiger partial charge >= 0.3 is 0 Å². The Morgan fingerprint density at radius 3 is 2.94 bits per heavy atom. The van der Waals surface area contributed by atoms with E-state index in [0.29, 0.717) is 12.1 Å². The Morgan fingerprint density at radius 1 is 1.53 bits per heavy atom. The zero-order chi connectivity index (χ0) is 12.3. The van der Waals surface area contributed by atoms with Crippen molar-refractivity contribution in [3.05, 3.63) is 42.0 Å². The molecular formula is C11H13N5O. The third-order valence-electron chi connectivity index (χ3n) is 2.39. The summed E-state index contributed by atoms with van der Waals surface area (Å²) in [6, 6.07) is 5.37. The number of nitrogen functional groups attached to an aromatic ring is 1.